The fourth-order valence-corrected chi connectivity index (χ4v) is 4.03. The molecule has 1 aliphatic rings. The summed E-state index contributed by atoms with van der Waals surface area (Å²) in [7, 11) is -9.85. The van der Waals surface area contributed by atoms with Crippen molar-refractivity contribution in [2.45, 2.75) is 15.3 Å². The van der Waals surface area contributed by atoms with Gasteiger partial charge in [-0.05, 0) is 12.1 Å². The maximum Gasteiger partial charge on any atom is 0.501 e. The molecule has 0 saturated carbocycles. The van der Waals surface area contributed by atoms with Crippen molar-refractivity contribution in [1.29, 1.82) is 0 Å². The van der Waals surface area contributed by atoms with E-state index in [1.165, 1.54) is 0 Å². The molecule has 0 spiro atoms. The van der Waals surface area contributed by atoms with E-state index in [2.05, 4.69) is 0 Å². The number of carbonyl (C=O) groups is 1. The van der Waals surface area contributed by atoms with Crippen LogP contribution in [0.1, 0.15) is 0 Å². The highest BCUT2D eigenvalue weighted by Crippen LogP contribution is 2.38. The average molecular weight is 344 g/mol. The highest BCUT2D eigenvalue weighted by atomic mass is 32.2. The minimum atomic E-state index is -5.71. The number of halogens is 3. The highest BCUT2D eigenvalue weighted by molar-refractivity contribution is 7.93. The molecule has 0 atom stereocenters. The number of rotatable bonds is 1. The smallest absolute Gasteiger partial charge is 0.398 e. The van der Waals surface area contributed by atoms with Crippen LogP contribution in [0.5, 0.6) is 0 Å². The van der Waals surface area contributed by atoms with Crippen molar-refractivity contribution in [2.75, 3.05) is 16.8 Å². The first-order chi connectivity index (χ1) is 9.36. The van der Waals surface area contributed by atoms with Gasteiger partial charge in [0.15, 0.2) is 9.84 Å². The van der Waals surface area contributed by atoms with Gasteiger partial charge in [0.1, 0.15) is 10.6 Å². The number of sulfone groups is 2. The van der Waals surface area contributed by atoms with Crippen LogP contribution in [0.15, 0.2) is 21.9 Å². The summed E-state index contributed by atoms with van der Waals surface area (Å²) < 4.78 is 83.5. The van der Waals surface area contributed by atoms with Crippen molar-refractivity contribution in [2.24, 2.45) is 0 Å². The zero-order valence-corrected chi connectivity index (χ0v) is 11.6. The number of nitrogens with two attached hydrogens (primary N) is 1. The van der Waals surface area contributed by atoms with Crippen LogP contribution in [0.25, 0.3) is 0 Å². The van der Waals surface area contributed by atoms with E-state index in [4.69, 9.17) is 5.73 Å². The summed E-state index contributed by atoms with van der Waals surface area (Å²) in [5, 5.41) is 1.99. The van der Waals surface area contributed by atoms with E-state index in [0.717, 1.165) is 0 Å². The maximum absolute atomic E-state index is 12.5. The molecule has 0 saturated heterocycles. The quantitative estimate of drug-likeness (QED) is 0.706. The zero-order chi connectivity index (χ0) is 16.2. The van der Waals surface area contributed by atoms with E-state index < -0.39 is 58.0 Å². The highest BCUT2D eigenvalue weighted by Gasteiger charge is 2.47. The molecule has 21 heavy (non-hydrogen) atoms. The van der Waals surface area contributed by atoms with Crippen LogP contribution in [0.2, 0.25) is 0 Å². The average Bonchev–Trinajstić information content (AvgIpc) is 2.23. The summed E-state index contributed by atoms with van der Waals surface area (Å²) in [4.78, 5) is 9.37. The molecule has 1 amide bonds. The van der Waals surface area contributed by atoms with E-state index in [-0.39, 0.29) is 0 Å². The van der Waals surface area contributed by atoms with Crippen molar-refractivity contribution in [1.82, 2.24) is 0 Å². The van der Waals surface area contributed by atoms with Gasteiger partial charge in [0, 0.05) is 0 Å². The van der Waals surface area contributed by atoms with Gasteiger partial charge in [-0.2, -0.15) is 13.2 Å². The summed E-state index contributed by atoms with van der Waals surface area (Å²) in [5.74, 6) is -1.92. The molecule has 0 radical (unpaired) electrons. The first kappa shape index (κ1) is 15.6. The Bertz CT molecular complexity index is 843. The lowest BCUT2D eigenvalue weighted by atomic mass is 10.2. The molecule has 1 aliphatic heterocycles. The van der Waals surface area contributed by atoms with Crippen LogP contribution < -0.4 is 11.1 Å². The van der Waals surface area contributed by atoms with E-state index >= 15 is 0 Å². The number of fused-ring (bicyclic) bond motifs is 1. The lowest BCUT2D eigenvalue weighted by molar-refractivity contribution is -0.114. The van der Waals surface area contributed by atoms with Crippen LogP contribution in [-0.4, -0.2) is 34.0 Å². The van der Waals surface area contributed by atoms with E-state index in [1.807, 2.05) is 5.32 Å². The Labute approximate surface area is 116 Å². The van der Waals surface area contributed by atoms with Crippen LogP contribution in [0.3, 0.4) is 0 Å². The Hall–Kier alpha value is -1.82. The van der Waals surface area contributed by atoms with Crippen LogP contribution in [0, 0.1) is 0 Å². The second-order valence-electron chi connectivity index (χ2n) is 4.15. The molecule has 1 aromatic carbocycles. The summed E-state index contributed by atoms with van der Waals surface area (Å²) in [6, 6.07) is 0.819. The first-order valence-electron chi connectivity index (χ1n) is 5.14. The van der Waals surface area contributed by atoms with Crippen LogP contribution >= 0.6 is 0 Å². The van der Waals surface area contributed by atoms with Gasteiger partial charge in [-0.3, -0.25) is 4.79 Å². The monoisotopic (exact) mass is 344 g/mol. The second kappa shape index (κ2) is 4.34. The summed E-state index contributed by atoms with van der Waals surface area (Å²) in [5.41, 5.74) is -1.51. The van der Waals surface area contributed by atoms with E-state index in [9.17, 15) is 34.8 Å². The fourth-order valence-electron chi connectivity index (χ4n) is 1.78. The van der Waals surface area contributed by atoms with Gasteiger partial charge < -0.3 is 11.1 Å². The Morgan fingerprint density at radius 3 is 2.33 bits per heavy atom. The third kappa shape index (κ3) is 2.44. The van der Waals surface area contributed by atoms with Crippen molar-refractivity contribution >= 4 is 37.0 Å². The number of benzene rings is 1. The summed E-state index contributed by atoms with van der Waals surface area (Å²) in [6.07, 6.45) is 0. The molecule has 3 N–H and O–H groups in total. The molecule has 2 rings (SSSR count). The van der Waals surface area contributed by atoms with Crippen LogP contribution in [0.4, 0.5) is 24.5 Å². The van der Waals surface area contributed by atoms with Crippen LogP contribution in [-0.2, 0) is 24.5 Å². The molecule has 12 heteroatoms. The van der Waals surface area contributed by atoms with Crippen molar-refractivity contribution in [3.05, 3.63) is 12.1 Å². The first-order valence-corrected chi connectivity index (χ1v) is 8.27. The van der Waals surface area contributed by atoms with Gasteiger partial charge in [-0.25, -0.2) is 16.8 Å². The molecular weight excluding hydrogens is 337 g/mol. The Morgan fingerprint density at radius 1 is 1.24 bits per heavy atom. The summed E-state index contributed by atoms with van der Waals surface area (Å²) >= 11 is 0. The Balaban J connectivity index is 2.77. The molecular formula is C9H7F3N2O5S2. The van der Waals surface area contributed by atoms with Gasteiger partial charge in [0.2, 0.25) is 5.91 Å². The molecule has 1 aromatic rings. The van der Waals surface area contributed by atoms with E-state index in [0.29, 0.717) is 12.1 Å². The van der Waals surface area contributed by atoms with Gasteiger partial charge in [-0.1, -0.05) is 0 Å². The Kier molecular flexibility index (Phi) is 3.21. The molecule has 1 heterocycles. The third-order valence-corrected chi connectivity index (χ3v) is 5.80. The van der Waals surface area contributed by atoms with E-state index in [1.54, 1.807) is 0 Å². The molecule has 7 nitrogen and oxygen atoms in total. The minimum Gasteiger partial charge on any atom is -0.398 e. The molecule has 0 unspecified atom stereocenters. The minimum absolute atomic E-state index is 0.399. The second-order valence-corrected chi connectivity index (χ2v) is 8.01. The van der Waals surface area contributed by atoms with Crippen molar-refractivity contribution in [3.8, 4) is 0 Å². The number of amides is 1. The lowest BCUT2D eigenvalue weighted by Gasteiger charge is -2.20. The third-order valence-electron chi connectivity index (χ3n) is 2.61. The largest absolute Gasteiger partial charge is 0.501 e. The normalized spacial score (nSPS) is 18.0. The number of nitrogen functional groups attached to an aromatic ring is 1. The van der Waals surface area contributed by atoms with Gasteiger partial charge in [-0.15, -0.1) is 0 Å². The number of alkyl halides is 3. The van der Waals surface area contributed by atoms with Crippen molar-refractivity contribution in [3.63, 3.8) is 0 Å². The fraction of sp³-hybridized carbons (Fsp3) is 0.222. The Morgan fingerprint density at radius 2 is 1.81 bits per heavy atom. The number of hydrogen-bond acceptors (Lipinski definition) is 6. The number of anilines is 2. The SMILES string of the molecule is Nc1cc(S(=O)(=O)C(F)(F)F)cc2c1S(=O)(=O)CC(=O)N2. The molecule has 0 bridgehead atoms. The van der Waals surface area contributed by atoms with Gasteiger partial charge >= 0.3 is 5.51 Å². The van der Waals surface area contributed by atoms with Gasteiger partial charge in [0.25, 0.3) is 9.84 Å². The summed E-state index contributed by atoms with van der Waals surface area (Å²) in [6.45, 7) is 0. The standard InChI is InChI=1S/C9H7F3N2O5S2/c10-9(11,12)21(18,19)4-1-5(13)8-6(2-4)14-7(15)3-20(8,16)17/h1-2H,3,13H2,(H,14,15). The molecule has 116 valence electrons. The number of carbonyl (C=O) groups excluding carboxylic acids is 1. The van der Waals surface area contributed by atoms with Crippen molar-refractivity contribution < 1.29 is 34.8 Å². The maximum atomic E-state index is 12.5. The predicted octanol–water partition coefficient (Wildman–Crippen LogP) is 0.288. The topological polar surface area (TPSA) is 123 Å². The zero-order valence-electron chi connectivity index (χ0n) is 9.93. The predicted molar refractivity (Wildman–Crippen MR) is 64.8 cm³/mol. The number of nitrogens with one attached hydrogen (secondary N) is 1. The molecule has 0 aromatic heterocycles. The lowest BCUT2D eigenvalue weighted by Crippen LogP contribution is -2.31. The molecule has 0 fully saturated rings. The number of hydrogen-bond donors (Lipinski definition) is 2. The van der Waals surface area contributed by atoms with Gasteiger partial charge in [0.05, 0.1) is 16.3 Å². The molecule has 0 aliphatic carbocycles.